The van der Waals surface area contributed by atoms with Gasteiger partial charge in [0.15, 0.2) is 6.10 Å². The van der Waals surface area contributed by atoms with Gasteiger partial charge < -0.3 is 25.0 Å². The predicted octanol–water partition coefficient (Wildman–Crippen LogP) is 2.38. The van der Waals surface area contributed by atoms with Crippen molar-refractivity contribution < 1.29 is 24.2 Å². The number of hydrogen-bond acceptors (Lipinski definition) is 4. The van der Waals surface area contributed by atoms with Crippen LogP contribution in [0.15, 0.2) is 60.7 Å². The minimum Gasteiger partial charge on any atom is -0.450 e. The molecule has 0 bridgehead atoms. The number of aromatic nitrogens is 1. The summed E-state index contributed by atoms with van der Waals surface area (Å²) in [6, 6.07) is 16.8. The van der Waals surface area contributed by atoms with E-state index in [1.807, 2.05) is 30.3 Å². The molecule has 1 saturated heterocycles. The summed E-state index contributed by atoms with van der Waals surface area (Å²) in [5.41, 5.74) is 1.67. The van der Waals surface area contributed by atoms with Gasteiger partial charge in [-0.3, -0.25) is 9.59 Å². The minimum atomic E-state index is -1.50. The Morgan fingerprint density at radius 3 is 2.54 bits per heavy atom. The van der Waals surface area contributed by atoms with E-state index in [2.05, 4.69) is 10.3 Å². The molecular formula is C20H17N3O5. The van der Waals surface area contributed by atoms with Gasteiger partial charge in [-0.15, -0.1) is 0 Å². The molecule has 0 spiro atoms. The Balaban J connectivity index is 1.58. The van der Waals surface area contributed by atoms with Crippen LogP contribution in [0.2, 0.25) is 0 Å². The van der Waals surface area contributed by atoms with Gasteiger partial charge in [-0.2, -0.15) is 0 Å². The Morgan fingerprint density at radius 2 is 1.82 bits per heavy atom. The number of benzene rings is 2. The molecule has 2 atom stereocenters. The number of nitrogens with zero attached hydrogens (tertiary/aromatic N) is 1. The number of para-hydroxylation sites is 2. The van der Waals surface area contributed by atoms with Crippen molar-refractivity contribution >= 4 is 34.6 Å². The lowest BCUT2D eigenvalue weighted by Gasteiger charge is -2.16. The summed E-state index contributed by atoms with van der Waals surface area (Å²) in [6.45, 7) is 0.0206. The number of amides is 2. The summed E-state index contributed by atoms with van der Waals surface area (Å²) in [6.07, 6.45) is -2.52. The predicted molar refractivity (Wildman–Crippen MR) is 101 cm³/mol. The normalized spacial score (nSPS) is 19.0. The monoisotopic (exact) mass is 379 g/mol. The van der Waals surface area contributed by atoms with E-state index in [0.717, 1.165) is 10.9 Å². The lowest BCUT2D eigenvalue weighted by molar-refractivity contribution is -0.119. The summed E-state index contributed by atoms with van der Waals surface area (Å²) in [5.74, 6) is -0.939. The fourth-order valence-corrected chi connectivity index (χ4v) is 3.35. The average Bonchev–Trinajstić information content (AvgIpc) is 3.25. The maximum absolute atomic E-state index is 12.9. The number of hydrogen-bond donors (Lipinski definition) is 3. The molecule has 3 aromatic rings. The highest BCUT2D eigenvalue weighted by Crippen LogP contribution is 2.24. The van der Waals surface area contributed by atoms with Crippen molar-refractivity contribution in [3.05, 3.63) is 66.4 Å². The van der Waals surface area contributed by atoms with Crippen molar-refractivity contribution in [1.29, 1.82) is 0 Å². The van der Waals surface area contributed by atoms with E-state index in [1.165, 1.54) is 4.90 Å². The first-order valence-electron chi connectivity index (χ1n) is 8.67. The Kier molecular flexibility index (Phi) is 4.44. The highest BCUT2D eigenvalue weighted by molar-refractivity contribution is 6.05. The molecule has 8 nitrogen and oxygen atoms in total. The van der Waals surface area contributed by atoms with Crippen LogP contribution in [-0.4, -0.2) is 46.8 Å². The number of anilines is 1. The Morgan fingerprint density at radius 1 is 1.11 bits per heavy atom. The lowest BCUT2D eigenvalue weighted by Crippen LogP contribution is -2.47. The minimum absolute atomic E-state index is 0.0206. The molecule has 8 heteroatoms. The smallest absolute Gasteiger partial charge is 0.450 e. The van der Waals surface area contributed by atoms with Crippen LogP contribution in [0.3, 0.4) is 0 Å². The molecule has 2 amide bonds. The second kappa shape index (κ2) is 7.07. The van der Waals surface area contributed by atoms with Crippen molar-refractivity contribution in [1.82, 2.24) is 10.3 Å². The number of fused-ring (bicyclic) bond motifs is 1. The molecule has 2 heterocycles. The first-order valence-corrected chi connectivity index (χ1v) is 8.67. The second-order valence-corrected chi connectivity index (χ2v) is 6.43. The van der Waals surface area contributed by atoms with Crippen LogP contribution in [0, 0.1) is 0 Å². The van der Waals surface area contributed by atoms with Gasteiger partial charge in [-0.1, -0.05) is 36.4 Å². The number of carboxylic acid groups (broad SMARTS) is 1. The largest absolute Gasteiger partial charge is 0.506 e. The molecule has 2 aromatic carbocycles. The van der Waals surface area contributed by atoms with E-state index in [0.29, 0.717) is 5.69 Å². The maximum Gasteiger partial charge on any atom is 0.506 e. The van der Waals surface area contributed by atoms with Crippen molar-refractivity contribution in [3.63, 3.8) is 0 Å². The quantitative estimate of drug-likeness (QED) is 0.603. The lowest BCUT2D eigenvalue weighted by atomic mass is 10.2. The number of nitrogens with one attached hydrogen (secondary N) is 2. The molecule has 142 valence electrons. The van der Waals surface area contributed by atoms with Crippen molar-refractivity contribution in [2.45, 2.75) is 12.1 Å². The molecule has 1 fully saturated rings. The molecule has 1 aromatic heterocycles. The third kappa shape index (κ3) is 3.27. The molecular weight excluding hydrogens is 362 g/mol. The molecule has 3 N–H and O–H groups in total. The standard InChI is InChI=1S/C20H17N3O5/c24-18(15-10-12-6-4-5-9-14(12)21-15)22-17-16(28-20(26)27)11-23(19(17)25)13-7-2-1-3-8-13/h1-10,16-17,21H,11H2,(H,22,24)(H,26,27)/t16-,17-/m0/s1. The van der Waals surface area contributed by atoms with Crippen LogP contribution >= 0.6 is 0 Å². The Hall–Kier alpha value is -3.81. The van der Waals surface area contributed by atoms with Gasteiger partial charge in [-0.25, -0.2) is 4.79 Å². The van der Waals surface area contributed by atoms with Crippen molar-refractivity contribution in [2.24, 2.45) is 0 Å². The van der Waals surface area contributed by atoms with E-state index in [-0.39, 0.29) is 12.2 Å². The van der Waals surface area contributed by atoms with Gasteiger partial charge in [0.05, 0.1) is 6.54 Å². The summed E-state index contributed by atoms with van der Waals surface area (Å²) in [4.78, 5) is 41.0. The van der Waals surface area contributed by atoms with Gasteiger partial charge in [0.2, 0.25) is 0 Å². The van der Waals surface area contributed by atoms with Gasteiger partial charge in [0.25, 0.3) is 11.8 Å². The summed E-state index contributed by atoms with van der Waals surface area (Å²) >= 11 is 0. The third-order valence-corrected chi connectivity index (χ3v) is 4.65. The summed E-state index contributed by atoms with van der Waals surface area (Å²) in [7, 11) is 0. The number of carbonyl (C=O) groups is 3. The van der Waals surface area contributed by atoms with Crippen LogP contribution in [0.4, 0.5) is 10.5 Å². The number of H-pyrrole nitrogens is 1. The molecule has 28 heavy (non-hydrogen) atoms. The maximum atomic E-state index is 12.9. The van der Waals surface area contributed by atoms with Gasteiger partial charge in [0, 0.05) is 16.6 Å². The molecule has 0 radical (unpaired) electrons. The highest BCUT2D eigenvalue weighted by atomic mass is 16.7. The molecule has 1 aliphatic rings. The van der Waals surface area contributed by atoms with Crippen LogP contribution in [0.1, 0.15) is 10.5 Å². The number of aromatic amines is 1. The second-order valence-electron chi connectivity index (χ2n) is 6.43. The molecule has 4 rings (SSSR count). The average molecular weight is 379 g/mol. The van der Waals surface area contributed by atoms with E-state index in [1.54, 1.807) is 30.3 Å². The van der Waals surface area contributed by atoms with Crippen LogP contribution in [0.5, 0.6) is 0 Å². The van der Waals surface area contributed by atoms with E-state index >= 15 is 0 Å². The zero-order chi connectivity index (χ0) is 19.7. The topological polar surface area (TPSA) is 112 Å². The van der Waals surface area contributed by atoms with E-state index < -0.39 is 30.1 Å². The van der Waals surface area contributed by atoms with Crippen molar-refractivity contribution in [3.8, 4) is 0 Å². The molecule has 1 aliphatic heterocycles. The Bertz CT molecular complexity index is 1010. The van der Waals surface area contributed by atoms with E-state index in [4.69, 9.17) is 9.84 Å². The fourth-order valence-electron chi connectivity index (χ4n) is 3.35. The highest BCUT2D eigenvalue weighted by Gasteiger charge is 2.44. The SMILES string of the molecule is O=C(O)O[C@H]1CN(c2ccccc2)C(=O)[C@H]1NC(=O)c1cc2ccccc2[nH]1. The van der Waals surface area contributed by atoms with Crippen molar-refractivity contribution in [2.75, 3.05) is 11.4 Å². The number of rotatable bonds is 4. The van der Waals surface area contributed by atoms with Crippen LogP contribution < -0.4 is 10.2 Å². The van der Waals surface area contributed by atoms with Gasteiger partial charge >= 0.3 is 6.16 Å². The summed E-state index contributed by atoms with van der Waals surface area (Å²) < 4.78 is 4.87. The first kappa shape index (κ1) is 17.6. The third-order valence-electron chi connectivity index (χ3n) is 4.65. The first-order chi connectivity index (χ1) is 13.5. The number of ether oxygens (including phenoxy) is 1. The van der Waals surface area contributed by atoms with Gasteiger partial charge in [0.1, 0.15) is 11.7 Å². The zero-order valence-electron chi connectivity index (χ0n) is 14.7. The Labute approximate surface area is 159 Å². The molecule has 0 saturated carbocycles. The number of carbonyl (C=O) groups excluding carboxylic acids is 2. The fraction of sp³-hybridized carbons (Fsp3) is 0.150. The molecule has 0 aliphatic carbocycles. The van der Waals surface area contributed by atoms with Crippen LogP contribution in [-0.2, 0) is 9.53 Å². The van der Waals surface area contributed by atoms with Gasteiger partial charge in [-0.05, 0) is 24.3 Å². The summed E-state index contributed by atoms with van der Waals surface area (Å²) in [5, 5.41) is 12.5. The molecule has 0 unspecified atom stereocenters. The van der Waals surface area contributed by atoms with Crippen LogP contribution in [0.25, 0.3) is 10.9 Å². The van der Waals surface area contributed by atoms with E-state index in [9.17, 15) is 14.4 Å². The zero-order valence-corrected chi connectivity index (χ0v) is 14.7.